The molecule has 2 aromatic rings. The van der Waals surface area contributed by atoms with Crippen LogP contribution in [0.3, 0.4) is 0 Å². The molecule has 0 unspecified atom stereocenters. The van der Waals surface area contributed by atoms with Crippen molar-refractivity contribution in [1.82, 2.24) is 4.31 Å². The van der Waals surface area contributed by atoms with E-state index in [2.05, 4.69) is 5.32 Å². The minimum absolute atomic E-state index is 0.114. The number of anilines is 1. The number of rotatable bonds is 6. The van der Waals surface area contributed by atoms with Crippen LogP contribution in [0.15, 0.2) is 40.1 Å². The zero-order chi connectivity index (χ0) is 20.4. The van der Waals surface area contributed by atoms with Crippen LogP contribution in [0.1, 0.15) is 11.1 Å². The molecule has 1 N–H and O–H groups in total. The highest BCUT2D eigenvalue weighted by atomic mass is 35.5. The summed E-state index contributed by atoms with van der Waals surface area (Å²) in [4.78, 5) is 13.2. The number of sulfonamides is 1. The first-order chi connectivity index (χ1) is 12.5. The fraction of sp³-hybridized carbons (Fsp3) is 0.278. The molecule has 0 aliphatic carbocycles. The third-order valence-corrected chi connectivity index (χ3v) is 7.47. The van der Waals surface area contributed by atoms with E-state index in [4.69, 9.17) is 23.2 Å². The molecule has 0 saturated heterocycles. The lowest BCUT2D eigenvalue weighted by atomic mass is 10.1. The predicted molar refractivity (Wildman–Crippen MR) is 113 cm³/mol. The Hall–Kier alpha value is -1.25. The molecule has 146 valence electrons. The number of nitrogens with one attached hydrogen (secondary N) is 1. The highest BCUT2D eigenvalue weighted by Gasteiger charge is 2.20. The SMILES string of the molecule is Cc1cc(S(=O)(=O)N(C)C)cc(NC(=O)CSc2cc(Cl)ccc2Cl)c1C. The topological polar surface area (TPSA) is 66.5 Å². The van der Waals surface area contributed by atoms with Crippen molar-refractivity contribution in [2.45, 2.75) is 23.6 Å². The maximum atomic E-state index is 12.4. The van der Waals surface area contributed by atoms with Gasteiger partial charge >= 0.3 is 0 Å². The van der Waals surface area contributed by atoms with E-state index in [1.54, 1.807) is 31.2 Å². The largest absolute Gasteiger partial charge is 0.325 e. The van der Waals surface area contributed by atoms with Gasteiger partial charge in [-0.1, -0.05) is 23.2 Å². The minimum atomic E-state index is -3.60. The molecule has 0 aliphatic heterocycles. The third-order valence-electron chi connectivity index (χ3n) is 3.95. The Bertz CT molecular complexity index is 977. The van der Waals surface area contributed by atoms with Gasteiger partial charge in [-0.3, -0.25) is 4.79 Å². The second-order valence-electron chi connectivity index (χ2n) is 6.11. The number of hydrogen-bond acceptors (Lipinski definition) is 4. The lowest BCUT2D eigenvalue weighted by molar-refractivity contribution is -0.113. The summed E-state index contributed by atoms with van der Waals surface area (Å²) in [5.41, 5.74) is 2.06. The van der Waals surface area contributed by atoms with Gasteiger partial charge in [-0.05, 0) is 55.3 Å². The van der Waals surface area contributed by atoms with Crippen LogP contribution in [0.4, 0.5) is 5.69 Å². The van der Waals surface area contributed by atoms with Crippen LogP contribution in [0.5, 0.6) is 0 Å². The van der Waals surface area contributed by atoms with Crippen molar-refractivity contribution in [3.8, 4) is 0 Å². The van der Waals surface area contributed by atoms with Gasteiger partial charge in [0.2, 0.25) is 15.9 Å². The molecule has 1 amide bonds. The predicted octanol–water partition coefficient (Wildman–Crippen LogP) is 4.59. The Balaban J connectivity index is 2.20. The Morgan fingerprint density at radius 1 is 1.15 bits per heavy atom. The van der Waals surface area contributed by atoms with Crippen molar-refractivity contribution < 1.29 is 13.2 Å². The molecular formula is C18H20Cl2N2O3S2. The van der Waals surface area contributed by atoms with Gasteiger partial charge in [-0.2, -0.15) is 0 Å². The lowest BCUT2D eigenvalue weighted by Crippen LogP contribution is -2.23. The number of aryl methyl sites for hydroxylation is 1. The molecule has 2 aromatic carbocycles. The Kier molecular flexibility index (Phi) is 7.21. The van der Waals surface area contributed by atoms with Crippen molar-refractivity contribution in [1.29, 1.82) is 0 Å². The molecule has 0 atom stereocenters. The van der Waals surface area contributed by atoms with E-state index >= 15 is 0 Å². The molecule has 2 rings (SSSR count). The standard InChI is InChI=1S/C18H20Cl2N2O3S2/c1-11-7-14(27(24,25)22(3)4)9-16(12(11)2)21-18(23)10-26-17-8-13(19)5-6-15(17)20/h5-9H,10H2,1-4H3,(H,21,23). The van der Waals surface area contributed by atoms with Crippen molar-refractivity contribution >= 4 is 56.6 Å². The quantitative estimate of drug-likeness (QED) is 0.658. The third kappa shape index (κ3) is 5.39. The molecule has 0 bridgehead atoms. The van der Waals surface area contributed by atoms with E-state index in [1.165, 1.54) is 31.9 Å². The fourth-order valence-corrected chi connectivity index (χ4v) is 4.54. The molecule has 0 spiro atoms. The fourth-order valence-electron chi connectivity index (χ4n) is 2.23. The minimum Gasteiger partial charge on any atom is -0.325 e. The van der Waals surface area contributed by atoms with E-state index in [-0.39, 0.29) is 16.6 Å². The van der Waals surface area contributed by atoms with Crippen molar-refractivity contribution in [2.24, 2.45) is 0 Å². The van der Waals surface area contributed by atoms with Crippen molar-refractivity contribution in [2.75, 3.05) is 25.2 Å². The van der Waals surface area contributed by atoms with Gasteiger partial charge in [0.05, 0.1) is 15.7 Å². The summed E-state index contributed by atoms with van der Waals surface area (Å²) in [7, 11) is -0.663. The zero-order valence-electron chi connectivity index (χ0n) is 15.3. The smallest absolute Gasteiger partial charge is 0.242 e. The van der Waals surface area contributed by atoms with Crippen LogP contribution in [-0.4, -0.2) is 38.5 Å². The molecule has 0 radical (unpaired) electrons. The summed E-state index contributed by atoms with van der Waals surface area (Å²) in [6.07, 6.45) is 0. The normalized spacial score (nSPS) is 11.7. The first kappa shape index (κ1) is 22.0. The Labute approximate surface area is 174 Å². The van der Waals surface area contributed by atoms with Crippen molar-refractivity contribution in [3.63, 3.8) is 0 Å². The van der Waals surface area contributed by atoms with Gasteiger partial charge in [0.25, 0.3) is 0 Å². The molecule has 0 aromatic heterocycles. The number of carbonyl (C=O) groups is 1. The molecule has 27 heavy (non-hydrogen) atoms. The average molecular weight is 447 g/mol. The van der Waals surface area contributed by atoms with Crippen LogP contribution in [-0.2, 0) is 14.8 Å². The summed E-state index contributed by atoms with van der Waals surface area (Å²) in [5, 5.41) is 3.84. The van der Waals surface area contributed by atoms with Crippen LogP contribution < -0.4 is 5.32 Å². The maximum absolute atomic E-state index is 12.4. The van der Waals surface area contributed by atoms with Gasteiger partial charge in [0.15, 0.2) is 0 Å². The van der Waals surface area contributed by atoms with E-state index in [9.17, 15) is 13.2 Å². The summed E-state index contributed by atoms with van der Waals surface area (Å²) < 4.78 is 25.9. The highest BCUT2D eigenvalue weighted by molar-refractivity contribution is 8.00. The number of thioether (sulfide) groups is 1. The molecule has 0 heterocycles. The van der Waals surface area contributed by atoms with Gasteiger partial charge in [0, 0.05) is 29.7 Å². The van der Waals surface area contributed by atoms with Gasteiger partial charge in [-0.15, -0.1) is 11.8 Å². The Morgan fingerprint density at radius 3 is 2.44 bits per heavy atom. The molecule has 0 saturated carbocycles. The summed E-state index contributed by atoms with van der Waals surface area (Å²) >= 11 is 13.3. The number of carbonyl (C=O) groups excluding carboxylic acids is 1. The molecular weight excluding hydrogens is 427 g/mol. The number of amides is 1. The summed E-state index contributed by atoms with van der Waals surface area (Å²) in [6, 6.07) is 8.12. The molecule has 5 nitrogen and oxygen atoms in total. The van der Waals surface area contributed by atoms with E-state index in [0.29, 0.717) is 20.6 Å². The lowest BCUT2D eigenvalue weighted by Gasteiger charge is -2.16. The Morgan fingerprint density at radius 2 is 1.81 bits per heavy atom. The highest BCUT2D eigenvalue weighted by Crippen LogP contribution is 2.30. The van der Waals surface area contributed by atoms with Gasteiger partial charge in [0.1, 0.15) is 0 Å². The number of hydrogen-bond donors (Lipinski definition) is 1. The van der Waals surface area contributed by atoms with Gasteiger partial charge < -0.3 is 5.32 Å². The first-order valence-corrected chi connectivity index (χ1v) is 11.1. The summed E-state index contributed by atoms with van der Waals surface area (Å²) in [6.45, 7) is 3.64. The van der Waals surface area contributed by atoms with Crippen LogP contribution in [0, 0.1) is 13.8 Å². The number of halogens is 2. The second kappa shape index (κ2) is 8.84. The van der Waals surface area contributed by atoms with Gasteiger partial charge in [-0.25, -0.2) is 12.7 Å². The second-order valence-corrected chi connectivity index (χ2v) is 10.1. The first-order valence-electron chi connectivity index (χ1n) is 7.94. The number of nitrogens with zero attached hydrogens (tertiary/aromatic N) is 1. The van der Waals surface area contributed by atoms with E-state index < -0.39 is 10.0 Å². The van der Waals surface area contributed by atoms with E-state index in [0.717, 1.165) is 15.4 Å². The van der Waals surface area contributed by atoms with E-state index in [1.807, 2.05) is 6.92 Å². The summed E-state index contributed by atoms with van der Waals surface area (Å²) in [5.74, 6) is -0.151. The number of benzene rings is 2. The average Bonchev–Trinajstić information content (AvgIpc) is 2.59. The zero-order valence-corrected chi connectivity index (χ0v) is 18.5. The van der Waals surface area contributed by atoms with Crippen LogP contribution in [0.25, 0.3) is 0 Å². The maximum Gasteiger partial charge on any atom is 0.242 e. The van der Waals surface area contributed by atoms with Crippen LogP contribution >= 0.6 is 35.0 Å². The molecule has 0 aliphatic rings. The molecule has 0 fully saturated rings. The molecule has 9 heteroatoms. The monoisotopic (exact) mass is 446 g/mol. The van der Waals surface area contributed by atoms with Crippen LogP contribution in [0.2, 0.25) is 10.0 Å². The van der Waals surface area contributed by atoms with Crippen molar-refractivity contribution in [3.05, 3.63) is 51.5 Å².